The fourth-order valence-corrected chi connectivity index (χ4v) is 0.538. The predicted octanol–water partition coefficient (Wildman–Crippen LogP) is 2.38. The van der Waals surface area contributed by atoms with Gasteiger partial charge >= 0.3 is 0 Å². The zero-order valence-electron chi connectivity index (χ0n) is 6.39. The van der Waals surface area contributed by atoms with Gasteiger partial charge in [-0.1, -0.05) is 25.5 Å². The van der Waals surface area contributed by atoms with E-state index in [9.17, 15) is 0 Å². The SMILES string of the molecule is CCCC=CCOCC. The van der Waals surface area contributed by atoms with Crippen molar-refractivity contribution in [1.29, 1.82) is 0 Å². The third-order valence-corrected chi connectivity index (χ3v) is 1.04. The van der Waals surface area contributed by atoms with E-state index in [0.717, 1.165) is 13.2 Å². The van der Waals surface area contributed by atoms with Gasteiger partial charge in [0.1, 0.15) is 0 Å². The van der Waals surface area contributed by atoms with Crippen molar-refractivity contribution in [3.63, 3.8) is 0 Å². The summed E-state index contributed by atoms with van der Waals surface area (Å²) in [4.78, 5) is 0. The molecule has 0 aliphatic carbocycles. The lowest BCUT2D eigenvalue weighted by atomic mass is 10.3. The van der Waals surface area contributed by atoms with Gasteiger partial charge in [-0.3, -0.25) is 0 Å². The van der Waals surface area contributed by atoms with Crippen molar-refractivity contribution in [1.82, 2.24) is 0 Å². The molecule has 0 unspecified atom stereocenters. The highest BCUT2D eigenvalue weighted by molar-refractivity contribution is 4.80. The highest BCUT2D eigenvalue weighted by Crippen LogP contribution is 1.87. The molecule has 0 aliphatic rings. The molecule has 0 rings (SSSR count). The topological polar surface area (TPSA) is 9.23 Å². The van der Waals surface area contributed by atoms with Crippen LogP contribution in [0.1, 0.15) is 26.7 Å². The summed E-state index contributed by atoms with van der Waals surface area (Å²) in [6.45, 7) is 5.77. The second kappa shape index (κ2) is 7.70. The van der Waals surface area contributed by atoms with Gasteiger partial charge in [0.15, 0.2) is 0 Å². The molecule has 54 valence electrons. The van der Waals surface area contributed by atoms with Crippen LogP contribution >= 0.6 is 0 Å². The molecule has 0 fully saturated rings. The van der Waals surface area contributed by atoms with Crippen LogP contribution in [0.4, 0.5) is 0 Å². The minimum absolute atomic E-state index is 0.774. The molecule has 0 atom stereocenters. The van der Waals surface area contributed by atoms with Crippen LogP contribution in [-0.4, -0.2) is 13.2 Å². The van der Waals surface area contributed by atoms with Crippen LogP contribution in [0, 0.1) is 0 Å². The van der Waals surface area contributed by atoms with Crippen molar-refractivity contribution < 1.29 is 4.74 Å². The minimum atomic E-state index is 0.774. The zero-order valence-corrected chi connectivity index (χ0v) is 6.39. The summed E-state index contributed by atoms with van der Waals surface area (Å²) >= 11 is 0. The summed E-state index contributed by atoms with van der Waals surface area (Å²) in [7, 11) is 0. The zero-order chi connectivity index (χ0) is 6.95. The first-order valence-electron chi connectivity index (χ1n) is 3.64. The smallest absolute Gasteiger partial charge is 0.0647 e. The van der Waals surface area contributed by atoms with Crippen molar-refractivity contribution in [3.05, 3.63) is 12.2 Å². The summed E-state index contributed by atoms with van der Waals surface area (Å²) in [5, 5.41) is 0. The molecular weight excluding hydrogens is 112 g/mol. The molecule has 0 heterocycles. The Morgan fingerprint density at radius 1 is 1.22 bits per heavy atom. The van der Waals surface area contributed by atoms with Crippen molar-refractivity contribution >= 4 is 0 Å². The van der Waals surface area contributed by atoms with Crippen LogP contribution in [0.3, 0.4) is 0 Å². The summed E-state index contributed by atoms with van der Waals surface area (Å²) in [5.74, 6) is 0. The van der Waals surface area contributed by atoms with Gasteiger partial charge in [0.05, 0.1) is 6.61 Å². The average molecular weight is 128 g/mol. The summed E-state index contributed by atoms with van der Waals surface area (Å²) in [5.41, 5.74) is 0. The lowest BCUT2D eigenvalue weighted by Crippen LogP contribution is -1.87. The molecule has 0 bridgehead atoms. The van der Waals surface area contributed by atoms with Crippen molar-refractivity contribution in [3.8, 4) is 0 Å². The van der Waals surface area contributed by atoms with Gasteiger partial charge in [-0.05, 0) is 13.3 Å². The van der Waals surface area contributed by atoms with E-state index < -0.39 is 0 Å². The lowest BCUT2D eigenvalue weighted by molar-refractivity contribution is 0.177. The standard InChI is InChI=1S/C8H16O/c1-3-5-6-7-8-9-4-2/h6-7H,3-5,8H2,1-2H3. The maximum absolute atomic E-state index is 5.09. The normalized spacial score (nSPS) is 10.9. The summed E-state index contributed by atoms with van der Waals surface area (Å²) in [6, 6.07) is 0. The molecule has 0 N–H and O–H groups in total. The Morgan fingerprint density at radius 3 is 2.56 bits per heavy atom. The molecular formula is C8H16O. The van der Waals surface area contributed by atoms with E-state index in [0.29, 0.717) is 0 Å². The van der Waals surface area contributed by atoms with Crippen LogP contribution < -0.4 is 0 Å². The molecule has 0 radical (unpaired) electrons. The van der Waals surface area contributed by atoms with Crippen LogP contribution in [0.15, 0.2) is 12.2 Å². The Kier molecular flexibility index (Phi) is 7.44. The van der Waals surface area contributed by atoms with E-state index in [1.54, 1.807) is 0 Å². The van der Waals surface area contributed by atoms with Crippen LogP contribution in [0.25, 0.3) is 0 Å². The Balaban J connectivity index is 2.86. The number of hydrogen-bond acceptors (Lipinski definition) is 1. The average Bonchev–Trinajstić information content (AvgIpc) is 1.89. The highest BCUT2D eigenvalue weighted by Gasteiger charge is 1.74. The Morgan fingerprint density at radius 2 is 2.00 bits per heavy atom. The molecule has 9 heavy (non-hydrogen) atoms. The Hall–Kier alpha value is -0.300. The lowest BCUT2D eigenvalue weighted by Gasteiger charge is -1.91. The molecule has 1 nitrogen and oxygen atoms in total. The van der Waals surface area contributed by atoms with E-state index in [2.05, 4.69) is 19.1 Å². The van der Waals surface area contributed by atoms with Gasteiger partial charge in [-0.15, -0.1) is 0 Å². The number of allylic oxidation sites excluding steroid dienone is 1. The molecule has 0 saturated carbocycles. The Labute approximate surface area is 57.7 Å². The maximum Gasteiger partial charge on any atom is 0.0647 e. The molecule has 0 aromatic carbocycles. The first-order chi connectivity index (χ1) is 4.41. The molecule has 0 saturated heterocycles. The van der Waals surface area contributed by atoms with Gasteiger partial charge in [-0.2, -0.15) is 0 Å². The van der Waals surface area contributed by atoms with E-state index in [4.69, 9.17) is 4.74 Å². The van der Waals surface area contributed by atoms with E-state index in [1.165, 1.54) is 12.8 Å². The molecule has 0 spiro atoms. The van der Waals surface area contributed by atoms with Gasteiger partial charge in [0, 0.05) is 6.61 Å². The van der Waals surface area contributed by atoms with Crippen LogP contribution in [-0.2, 0) is 4.74 Å². The van der Waals surface area contributed by atoms with Crippen LogP contribution in [0.2, 0.25) is 0 Å². The maximum atomic E-state index is 5.09. The number of hydrogen-bond donors (Lipinski definition) is 0. The monoisotopic (exact) mass is 128 g/mol. The summed E-state index contributed by atoms with van der Waals surface area (Å²) < 4.78 is 5.09. The first kappa shape index (κ1) is 8.70. The highest BCUT2D eigenvalue weighted by atomic mass is 16.5. The van der Waals surface area contributed by atoms with Crippen molar-refractivity contribution in [2.45, 2.75) is 26.7 Å². The third-order valence-electron chi connectivity index (χ3n) is 1.04. The quantitative estimate of drug-likeness (QED) is 0.408. The number of ether oxygens (including phenoxy) is 1. The Bertz CT molecular complexity index is 67.0. The van der Waals surface area contributed by atoms with E-state index in [1.807, 2.05) is 6.92 Å². The molecule has 1 heteroatoms. The number of rotatable bonds is 5. The van der Waals surface area contributed by atoms with Gasteiger partial charge in [0.25, 0.3) is 0 Å². The summed E-state index contributed by atoms with van der Waals surface area (Å²) in [6.07, 6.45) is 6.64. The molecule has 0 aromatic heterocycles. The minimum Gasteiger partial charge on any atom is -0.378 e. The van der Waals surface area contributed by atoms with Crippen molar-refractivity contribution in [2.24, 2.45) is 0 Å². The van der Waals surface area contributed by atoms with Gasteiger partial charge < -0.3 is 4.74 Å². The van der Waals surface area contributed by atoms with Gasteiger partial charge in [0.2, 0.25) is 0 Å². The fourth-order valence-electron chi connectivity index (χ4n) is 0.538. The second-order valence-electron chi connectivity index (χ2n) is 1.92. The van der Waals surface area contributed by atoms with Gasteiger partial charge in [-0.25, -0.2) is 0 Å². The van der Waals surface area contributed by atoms with Crippen LogP contribution in [0.5, 0.6) is 0 Å². The van der Waals surface area contributed by atoms with Crippen molar-refractivity contribution in [2.75, 3.05) is 13.2 Å². The second-order valence-corrected chi connectivity index (χ2v) is 1.92. The third kappa shape index (κ3) is 7.70. The van der Waals surface area contributed by atoms with E-state index in [-0.39, 0.29) is 0 Å². The first-order valence-corrected chi connectivity index (χ1v) is 3.64. The fraction of sp³-hybridized carbons (Fsp3) is 0.750. The largest absolute Gasteiger partial charge is 0.378 e. The molecule has 0 aliphatic heterocycles. The molecule has 0 amide bonds. The number of unbranched alkanes of at least 4 members (excludes halogenated alkanes) is 1. The van der Waals surface area contributed by atoms with E-state index >= 15 is 0 Å². The predicted molar refractivity (Wildman–Crippen MR) is 40.5 cm³/mol. The molecule has 0 aromatic rings.